The van der Waals surface area contributed by atoms with Crippen LogP contribution in [0.4, 0.5) is 0 Å². The van der Waals surface area contributed by atoms with Gasteiger partial charge in [0.15, 0.2) is 0 Å². The molecular weight excluding hydrogens is 232 g/mol. The zero-order valence-corrected chi connectivity index (χ0v) is 12.2. The molecule has 0 spiro atoms. The van der Waals surface area contributed by atoms with Crippen LogP contribution in [0.2, 0.25) is 5.02 Å². The van der Waals surface area contributed by atoms with Gasteiger partial charge in [0.1, 0.15) is 5.75 Å². The summed E-state index contributed by atoms with van der Waals surface area (Å²) in [6.07, 6.45) is 1.25. The first kappa shape index (κ1) is 14.4. The molecule has 0 saturated heterocycles. The molecule has 1 aromatic rings. The number of rotatable bonds is 5. The fraction of sp³-hybridized carbons (Fsp3) is 0.600. The van der Waals surface area contributed by atoms with Crippen LogP contribution in [0.15, 0.2) is 18.2 Å². The van der Waals surface area contributed by atoms with Crippen LogP contribution in [0.1, 0.15) is 52.5 Å². The van der Waals surface area contributed by atoms with Gasteiger partial charge < -0.3 is 4.74 Å². The molecule has 0 amide bonds. The third-order valence-electron chi connectivity index (χ3n) is 2.75. The standard InChI is InChI=1S/C15H23ClO/c1-10(2)8-12(5)17-15-9-13(11(3)4)6-7-14(15)16/h6-7,9-12H,8H2,1-5H3/t12-/m0/s1. The molecule has 0 aliphatic carbocycles. The van der Waals surface area contributed by atoms with Crippen molar-refractivity contribution in [3.8, 4) is 5.75 Å². The summed E-state index contributed by atoms with van der Waals surface area (Å²) in [5.74, 6) is 1.94. The summed E-state index contributed by atoms with van der Waals surface area (Å²) >= 11 is 6.16. The second kappa shape index (κ2) is 6.30. The number of halogens is 1. The van der Waals surface area contributed by atoms with Crippen LogP contribution in [-0.4, -0.2) is 6.10 Å². The second-order valence-corrected chi connectivity index (χ2v) is 5.81. The summed E-state index contributed by atoms with van der Waals surface area (Å²) in [6.45, 7) is 10.8. The van der Waals surface area contributed by atoms with Crippen molar-refractivity contribution in [3.05, 3.63) is 28.8 Å². The first-order valence-electron chi connectivity index (χ1n) is 6.36. The van der Waals surface area contributed by atoms with Crippen molar-refractivity contribution in [1.82, 2.24) is 0 Å². The molecule has 0 fully saturated rings. The summed E-state index contributed by atoms with van der Waals surface area (Å²) in [5, 5.41) is 0.699. The summed E-state index contributed by atoms with van der Waals surface area (Å²) < 4.78 is 5.91. The van der Waals surface area contributed by atoms with Gasteiger partial charge in [0, 0.05) is 0 Å². The molecule has 0 saturated carbocycles. The van der Waals surface area contributed by atoms with Crippen LogP contribution < -0.4 is 4.74 Å². The predicted octanol–water partition coefficient (Wildman–Crippen LogP) is 5.28. The number of ether oxygens (including phenoxy) is 1. The molecule has 96 valence electrons. The minimum absolute atomic E-state index is 0.204. The second-order valence-electron chi connectivity index (χ2n) is 5.40. The molecule has 0 aliphatic heterocycles. The van der Waals surface area contributed by atoms with Crippen LogP contribution in [0, 0.1) is 5.92 Å². The molecule has 1 atom stereocenters. The highest BCUT2D eigenvalue weighted by Crippen LogP contribution is 2.30. The van der Waals surface area contributed by atoms with E-state index in [-0.39, 0.29) is 6.10 Å². The summed E-state index contributed by atoms with van der Waals surface area (Å²) in [6, 6.07) is 6.05. The van der Waals surface area contributed by atoms with Crippen LogP contribution in [0.25, 0.3) is 0 Å². The molecule has 2 heteroatoms. The smallest absolute Gasteiger partial charge is 0.138 e. The summed E-state index contributed by atoms with van der Waals surface area (Å²) in [7, 11) is 0. The fourth-order valence-electron chi connectivity index (χ4n) is 1.90. The van der Waals surface area contributed by atoms with Gasteiger partial charge in [0.2, 0.25) is 0 Å². The van der Waals surface area contributed by atoms with Gasteiger partial charge in [-0.25, -0.2) is 0 Å². The lowest BCUT2D eigenvalue weighted by molar-refractivity contribution is 0.193. The highest BCUT2D eigenvalue weighted by Gasteiger charge is 2.11. The van der Waals surface area contributed by atoms with E-state index in [9.17, 15) is 0 Å². The first-order valence-corrected chi connectivity index (χ1v) is 6.74. The first-order chi connectivity index (χ1) is 7.90. The van der Waals surface area contributed by atoms with Crippen molar-refractivity contribution >= 4 is 11.6 Å². The van der Waals surface area contributed by atoms with Crippen molar-refractivity contribution in [2.75, 3.05) is 0 Å². The SMILES string of the molecule is CC(C)C[C@H](C)Oc1cc(C(C)C)ccc1Cl. The Morgan fingerprint density at radius 1 is 1.12 bits per heavy atom. The Hall–Kier alpha value is -0.690. The van der Waals surface area contributed by atoms with E-state index in [0.29, 0.717) is 16.9 Å². The molecule has 0 N–H and O–H groups in total. The van der Waals surface area contributed by atoms with E-state index in [2.05, 4.69) is 46.8 Å². The number of hydrogen-bond acceptors (Lipinski definition) is 1. The van der Waals surface area contributed by atoms with Crippen LogP contribution in [-0.2, 0) is 0 Å². The largest absolute Gasteiger partial charge is 0.489 e. The van der Waals surface area contributed by atoms with E-state index in [4.69, 9.17) is 16.3 Å². The maximum Gasteiger partial charge on any atom is 0.138 e. The Bertz CT molecular complexity index is 358. The quantitative estimate of drug-likeness (QED) is 0.695. The third-order valence-corrected chi connectivity index (χ3v) is 3.07. The van der Waals surface area contributed by atoms with E-state index in [1.807, 2.05) is 6.07 Å². The molecule has 0 aromatic heterocycles. The van der Waals surface area contributed by atoms with Gasteiger partial charge in [-0.05, 0) is 42.9 Å². The Morgan fingerprint density at radius 2 is 1.76 bits per heavy atom. The number of hydrogen-bond donors (Lipinski definition) is 0. The minimum Gasteiger partial charge on any atom is -0.489 e. The maximum absolute atomic E-state index is 6.16. The van der Waals surface area contributed by atoms with Crippen molar-refractivity contribution in [2.24, 2.45) is 5.92 Å². The van der Waals surface area contributed by atoms with Gasteiger partial charge in [0.05, 0.1) is 11.1 Å². The van der Waals surface area contributed by atoms with E-state index in [1.54, 1.807) is 0 Å². The van der Waals surface area contributed by atoms with Crippen molar-refractivity contribution < 1.29 is 4.74 Å². The molecule has 0 bridgehead atoms. The highest BCUT2D eigenvalue weighted by atomic mass is 35.5. The average molecular weight is 255 g/mol. The van der Waals surface area contributed by atoms with Gasteiger partial charge in [0.25, 0.3) is 0 Å². The monoisotopic (exact) mass is 254 g/mol. The fourth-order valence-corrected chi connectivity index (χ4v) is 2.06. The zero-order chi connectivity index (χ0) is 13.0. The normalized spacial score (nSPS) is 13.2. The van der Waals surface area contributed by atoms with E-state index >= 15 is 0 Å². The lowest BCUT2D eigenvalue weighted by atomic mass is 10.0. The van der Waals surface area contributed by atoms with Crippen LogP contribution >= 0.6 is 11.6 Å². The number of benzene rings is 1. The summed E-state index contributed by atoms with van der Waals surface area (Å²) in [5.41, 5.74) is 1.26. The Morgan fingerprint density at radius 3 is 2.29 bits per heavy atom. The molecule has 1 rings (SSSR count). The molecule has 0 unspecified atom stereocenters. The summed E-state index contributed by atoms with van der Waals surface area (Å²) in [4.78, 5) is 0. The van der Waals surface area contributed by atoms with E-state index < -0.39 is 0 Å². The Labute approximate surface area is 110 Å². The lowest BCUT2D eigenvalue weighted by Crippen LogP contribution is -2.14. The average Bonchev–Trinajstić information content (AvgIpc) is 2.19. The van der Waals surface area contributed by atoms with Gasteiger partial charge in [-0.1, -0.05) is 45.4 Å². The maximum atomic E-state index is 6.16. The van der Waals surface area contributed by atoms with Crippen molar-refractivity contribution in [3.63, 3.8) is 0 Å². The lowest BCUT2D eigenvalue weighted by Gasteiger charge is -2.18. The molecule has 0 aliphatic rings. The van der Waals surface area contributed by atoms with Crippen molar-refractivity contribution in [2.45, 2.75) is 53.1 Å². The zero-order valence-electron chi connectivity index (χ0n) is 11.5. The third kappa shape index (κ3) is 4.59. The van der Waals surface area contributed by atoms with Gasteiger partial charge in [-0.15, -0.1) is 0 Å². The predicted molar refractivity (Wildman–Crippen MR) is 75.1 cm³/mol. The Balaban J connectivity index is 2.79. The minimum atomic E-state index is 0.204. The molecule has 17 heavy (non-hydrogen) atoms. The van der Waals surface area contributed by atoms with E-state index in [1.165, 1.54) is 5.56 Å². The van der Waals surface area contributed by atoms with Crippen molar-refractivity contribution in [1.29, 1.82) is 0 Å². The van der Waals surface area contributed by atoms with Gasteiger partial charge in [-0.3, -0.25) is 0 Å². The van der Waals surface area contributed by atoms with Crippen LogP contribution in [0.3, 0.4) is 0 Å². The Kier molecular flexibility index (Phi) is 5.32. The molecule has 1 aromatic carbocycles. The van der Waals surface area contributed by atoms with Gasteiger partial charge in [-0.2, -0.15) is 0 Å². The highest BCUT2D eigenvalue weighted by molar-refractivity contribution is 6.32. The molecule has 0 heterocycles. The van der Waals surface area contributed by atoms with Gasteiger partial charge >= 0.3 is 0 Å². The molecular formula is C15H23ClO. The van der Waals surface area contributed by atoms with E-state index in [0.717, 1.165) is 12.2 Å². The molecule has 0 radical (unpaired) electrons. The molecule has 1 nitrogen and oxygen atoms in total. The van der Waals surface area contributed by atoms with Crippen LogP contribution in [0.5, 0.6) is 5.75 Å². The topological polar surface area (TPSA) is 9.23 Å².